The van der Waals surface area contributed by atoms with Crippen LogP contribution in [0.4, 0.5) is 0 Å². The molecular formula is C15H30N2O. The number of hydrogen-bond donors (Lipinski definition) is 1. The van der Waals surface area contributed by atoms with Crippen molar-refractivity contribution in [1.29, 1.82) is 0 Å². The number of nitrogens with two attached hydrogens (primary N) is 1. The van der Waals surface area contributed by atoms with Gasteiger partial charge in [0.1, 0.15) is 0 Å². The molecule has 0 spiro atoms. The van der Waals surface area contributed by atoms with Crippen LogP contribution in [0.1, 0.15) is 40.5 Å². The van der Waals surface area contributed by atoms with E-state index in [2.05, 4.69) is 32.6 Å². The van der Waals surface area contributed by atoms with Gasteiger partial charge in [-0.25, -0.2) is 0 Å². The van der Waals surface area contributed by atoms with Crippen LogP contribution in [-0.2, 0) is 4.74 Å². The van der Waals surface area contributed by atoms with Crippen LogP contribution in [0, 0.1) is 17.8 Å². The third-order valence-electron chi connectivity index (χ3n) is 4.69. The smallest absolute Gasteiger partial charge is 0.0678 e. The van der Waals surface area contributed by atoms with E-state index in [4.69, 9.17) is 10.5 Å². The van der Waals surface area contributed by atoms with Crippen LogP contribution in [0.15, 0.2) is 0 Å². The molecule has 0 aromatic rings. The van der Waals surface area contributed by atoms with Gasteiger partial charge in [0, 0.05) is 25.7 Å². The maximum absolute atomic E-state index is 6.39. The van der Waals surface area contributed by atoms with Crippen LogP contribution in [0.5, 0.6) is 0 Å². The van der Waals surface area contributed by atoms with Crippen molar-refractivity contribution in [3.05, 3.63) is 0 Å². The summed E-state index contributed by atoms with van der Waals surface area (Å²) >= 11 is 0. The van der Waals surface area contributed by atoms with Crippen molar-refractivity contribution in [2.75, 3.05) is 19.6 Å². The highest BCUT2D eigenvalue weighted by Crippen LogP contribution is 2.33. The van der Waals surface area contributed by atoms with E-state index >= 15 is 0 Å². The van der Waals surface area contributed by atoms with Crippen LogP contribution >= 0.6 is 0 Å². The molecule has 1 aliphatic carbocycles. The molecular weight excluding hydrogens is 224 g/mol. The first kappa shape index (κ1) is 14.3. The number of rotatable bonds is 2. The molecule has 0 aromatic heterocycles. The third-order valence-corrected chi connectivity index (χ3v) is 4.69. The highest BCUT2D eigenvalue weighted by atomic mass is 16.5. The van der Waals surface area contributed by atoms with E-state index < -0.39 is 0 Å². The second-order valence-corrected chi connectivity index (χ2v) is 6.86. The normalized spacial score (nSPS) is 47.2. The Balaban J connectivity index is 1.91. The van der Waals surface area contributed by atoms with Gasteiger partial charge in [-0.1, -0.05) is 13.8 Å². The fraction of sp³-hybridized carbons (Fsp3) is 1.00. The Morgan fingerprint density at radius 3 is 2.22 bits per heavy atom. The van der Waals surface area contributed by atoms with Gasteiger partial charge in [0.15, 0.2) is 0 Å². The second-order valence-electron chi connectivity index (χ2n) is 6.86. The molecule has 0 amide bonds. The van der Waals surface area contributed by atoms with Crippen LogP contribution in [0.25, 0.3) is 0 Å². The molecule has 18 heavy (non-hydrogen) atoms. The van der Waals surface area contributed by atoms with Crippen molar-refractivity contribution >= 4 is 0 Å². The minimum Gasteiger partial charge on any atom is -0.373 e. The van der Waals surface area contributed by atoms with Crippen LogP contribution in [-0.4, -0.2) is 42.8 Å². The van der Waals surface area contributed by atoms with Gasteiger partial charge in [0.05, 0.1) is 12.2 Å². The Morgan fingerprint density at radius 2 is 1.67 bits per heavy atom. The van der Waals surface area contributed by atoms with Crippen molar-refractivity contribution in [1.82, 2.24) is 4.90 Å². The molecule has 3 nitrogen and oxygen atoms in total. The van der Waals surface area contributed by atoms with Crippen molar-refractivity contribution in [2.45, 2.75) is 58.8 Å². The average molecular weight is 254 g/mol. The summed E-state index contributed by atoms with van der Waals surface area (Å²) in [5.74, 6) is 2.23. The van der Waals surface area contributed by atoms with E-state index in [0.717, 1.165) is 31.5 Å². The molecule has 2 N–H and O–H groups in total. The first-order valence-corrected chi connectivity index (χ1v) is 7.59. The predicted molar refractivity (Wildman–Crippen MR) is 75.5 cm³/mol. The minimum atomic E-state index is 0.364. The van der Waals surface area contributed by atoms with Gasteiger partial charge in [-0.05, 0) is 44.4 Å². The fourth-order valence-corrected chi connectivity index (χ4v) is 4.01. The quantitative estimate of drug-likeness (QED) is 0.820. The predicted octanol–water partition coefficient (Wildman–Crippen LogP) is 2.11. The Kier molecular flexibility index (Phi) is 4.68. The summed E-state index contributed by atoms with van der Waals surface area (Å²) < 4.78 is 5.80. The lowest BCUT2D eigenvalue weighted by Crippen LogP contribution is -2.52. The summed E-state index contributed by atoms with van der Waals surface area (Å²) in [5.41, 5.74) is 6.39. The summed E-state index contributed by atoms with van der Waals surface area (Å²) in [6, 6.07) is 0.386. The molecule has 2 aliphatic rings. The van der Waals surface area contributed by atoms with Crippen LogP contribution in [0.3, 0.4) is 0 Å². The SMILES string of the molecule is CC1CC(C)C(CN2CC(C)OC(C)C2)C(N)C1. The lowest BCUT2D eigenvalue weighted by Gasteiger charge is -2.43. The first-order valence-electron chi connectivity index (χ1n) is 7.59. The number of ether oxygens (including phenoxy) is 1. The summed E-state index contributed by atoms with van der Waals surface area (Å²) in [5, 5.41) is 0. The largest absolute Gasteiger partial charge is 0.373 e. The van der Waals surface area contributed by atoms with E-state index in [1.165, 1.54) is 12.8 Å². The maximum atomic E-state index is 6.39. The van der Waals surface area contributed by atoms with E-state index in [9.17, 15) is 0 Å². The minimum absolute atomic E-state index is 0.364. The summed E-state index contributed by atoms with van der Waals surface area (Å²) in [6.07, 6.45) is 3.27. The fourth-order valence-electron chi connectivity index (χ4n) is 4.01. The lowest BCUT2D eigenvalue weighted by molar-refractivity contribution is -0.0758. The topological polar surface area (TPSA) is 38.5 Å². The monoisotopic (exact) mass is 254 g/mol. The van der Waals surface area contributed by atoms with E-state index in [-0.39, 0.29) is 0 Å². The number of morpholine rings is 1. The highest BCUT2D eigenvalue weighted by Gasteiger charge is 2.34. The van der Waals surface area contributed by atoms with Crippen molar-refractivity contribution < 1.29 is 4.74 Å². The summed E-state index contributed by atoms with van der Waals surface area (Å²) in [6.45, 7) is 12.4. The molecule has 106 valence electrons. The molecule has 1 saturated carbocycles. The molecule has 0 aromatic carbocycles. The molecule has 2 rings (SSSR count). The Morgan fingerprint density at radius 1 is 1.06 bits per heavy atom. The van der Waals surface area contributed by atoms with E-state index in [1.807, 2.05) is 0 Å². The van der Waals surface area contributed by atoms with Gasteiger partial charge in [0.25, 0.3) is 0 Å². The summed E-state index contributed by atoms with van der Waals surface area (Å²) in [7, 11) is 0. The van der Waals surface area contributed by atoms with Crippen molar-refractivity contribution in [3.63, 3.8) is 0 Å². The lowest BCUT2D eigenvalue weighted by atomic mass is 9.72. The van der Waals surface area contributed by atoms with Crippen LogP contribution in [0.2, 0.25) is 0 Å². The van der Waals surface area contributed by atoms with Gasteiger partial charge in [-0.2, -0.15) is 0 Å². The molecule has 2 fully saturated rings. The van der Waals surface area contributed by atoms with Crippen molar-refractivity contribution in [3.8, 4) is 0 Å². The zero-order valence-corrected chi connectivity index (χ0v) is 12.4. The third kappa shape index (κ3) is 3.46. The standard InChI is InChI=1S/C15H30N2O/c1-10-5-11(2)14(15(16)6-10)9-17-7-12(3)18-13(4)8-17/h10-15H,5-9,16H2,1-4H3. The molecule has 1 aliphatic heterocycles. The molecule has 0 radical (unpaired) electrons. The second kappa shape index (κ2) is 5.89. The van der Waals surface area contributed by atoms with Gasteiger partial charge in [-0.3, -0.25) is 4.90 Å². The van der Waals surface area contributed by atoms with Gasteiger partial charge < -0.3 is 10.5 Å². The maximum Gasteiger partial charge on any atom is 0.0678 e. The van der Waals surface area contributed by atoms with Crippen LogP contribution < -0.4 is 5.73 Å². The first-order chi connectivity index (χ1) is 8.45. The van der Waals surface area contributed by atoms with Crippen molar-refractivity contribution in [2.24, 2.45) is 23.5 Å². The molecule has 1 saturated heterocycles. The molecule has 6 atom stereocenters. The zero-order valence-electron chi connectivity index (χ0n) is 12.4. The zero-order chi connectivity index (χ0) is 13.3. The van der Waals surface area contributed by atoms with Gasteiger partial charge in [-0.15, -0.1) is 0 Å². The molecule has 0 bridgehead atoms. The molecule has 1 heterocycles. The van der Waals surface area contributed by atoms with E-state index in [0.29, 0.717) is 24.2 Å². The Hall–Kier alpha value is -0.120. The average Bonchev–Trinajstić information content (AvgIpc) is 2.22. The number of hydrogen-bond acceptors (Lipinski definition) is 3. The van der Waals surface area contributed by atoms with E-state index in [1.54, 1.807) is 0 Å². The molecule has 3 heteroatoms. The van der Waals surface area contributed by atoms with Gasteiger partial charge >= 0.3 is 0 Å². The Labute approximate surface area is 112 Å². The van der Waals surface area contributed by atoms with Gasteiger partial charge in [0.2, 0.25) is 0 Å². The highest BCUT2D eigenvalue weighted by molar-refractivity contribution is 4.88. The molecule has 6 unspecified atom stereocenters. The summed E-state index contributed by atoms with van der Waals surface area (Å²) in [4.78, 5) is 2.57. The number of nitrogens with zero attached hydrogens (tertiary/aromatic N) is 1. The Bertz CT molecular complexity index is 249.